The zero-order chi connectivity index (χ0) is 12.4. The Kier molecular flexibility index (Phi) is 2.90. The summed E-state index contributed by atoms with van der Waals surface area (Å²) in [5.74, 6) is 0.774. The molecular formula is C13H12N4S. The second-order valence-electron chi connectivity index (χ2n) is 3.98. The van der Waals surface area contributed by atoms with Crippen LogP contribution in [0.2, 0.25) is 0 Å². The molecule has 0 spiro atoms. The third-order valence-corrected chi connectivity index (χ3v) is 3.59. The number of hydrogen-bond donors (Lipinski definition) is 1. The zero-order valence-electron chi connectivity index (χ0n) is 9.87. The first kappa shape index (κ1) is 11.1. The third kappa shape index (κ3) is 2.17. The van der Waals surface area contributed by atoms with Gasteiger partial charge in [-0.1, -0.05) is 12.1 Å². The van der Waals surface area contributed by atoms with Crippen LogP contribution in [0.1, 0.15) is 18.0 Å². The average molecular weight is 256 g/mol. The highest BCUT2D eigenvalue weighted by Crippen LogP contribution is 2.20. The molecule has 0 saturated heterocycles. The highest BCUT2D eigenvalue weighted by molar-refractivity contribution is 7.09. The van der Waals surface area contributed by atoms with Crippen LogP contribution >= 0.6 is 11.3 Å². The number of benzene rings is 1. The summed E-state index contributed by atoms with van der Waals surface area (Å²) in [7, 11) is 0. The SMILES string of the molecule is CC(Nc1cnc2ccccc2n1)c1nccs1. The summed E-state index contributed by atoms with van der Waals surface area (Å²) in [6.07, 6.45) is 3.57. The van der Waals surface area contributed by atoms with Crippen LogP contribution in [0, 0.1) is 0 Å². The first-order valence-electron chi connectivity index (χ1n) is 5.70. The Balaban J connectivity index is 1.86. The van der Waals surface area contributed by atoms with Gasteiger partial charge in [-0.05, 0) is 19.1 Å². The molecule has 0 aliphatic rings. The van der Waals surface area contributed by atoms with Gasteiger partial charge in [0.25, 0.3) is 0 Å². The summed E-state index contributed by atoms with van der Waals surface area (Å²) in [6, 6.07) is 7.98. The summed E-state index contributed by atoms with van der Waals surface area (Å²) >= 11 is 1.63. The molecule has 1 aromatic carbocycles. The topological polar surface area (TPSA) is 50.7 Å². The minimum absolute atomic E-state index is 0.139. The molecule has 0 aliphatic carbocycles. The standard InChI is InChI=1S/C13H12N4S/c1-9(13-14-6-7-18-13)16-12-8-15-10-4-2-3-5-11(10)17-12/h2-9H,1H3,(H,16,17). The normalized spacial score (nSPS) is 12.5. The molecule has 2 aromatic heterocycles. The summed E-state index contributed by atoms with van der Waals surface area (Å²) in [6.45, 7) is 2.07. The van der Waals surface area contributed by atoms with Crippen molar-refractivity contribution in [3.8, 4) is 0 Å². The minimum Gasteiger partial charge on any atom is -0.360 e. The number of aromatic nitrogens is 3. The number of nitrogens with one attached hydrogen (secondary N) is 1. The van der Waals surface area contributed by atoms with Crippen molar-refractivity contribution in [1.29, 1.82) is 0 Å². The Morgan fingerprint density at radius 2 is 2.00 bits per heavy atom. The molecule has 3 aromatic rings. The van der Waals surface area contributed by atoms with Crippen molar-refractivity contribution in [3.63, 3.8) is 0 Å². The summed E-state index contributed by atoms with van der Waals surface area (Å²) in [4.78, 5) is 13.2. The maximum atomic E-state index is 4.53. The van der Waals surface area contributed by atoms with Crippen LogP contribution in [0.25, 0.3) is 11.0 Å². The van der Waals surface area contributed by atoms with Crippen molar-refractivity contribution < 1.29 is 0 Å². The quantitative estimate of drug-likeness (QED) is 0.781. The molecule has 3 rings (SSSR count). The van der Waals surface area contributed by atoms with Crippen LogP contribution < -0.4 is 5.32 Å². The van der Waals surface area contributed by atoms with Gasteiger partial charge in [0.15, 0.2) is 0 Å². The van der Waals surface area contributed by atoms with E-state index in [9.17, 15) is 0 Å². The highest BCUT2D eigenvalue weighted by atomic mass is 32.1. The van der Waals surface area contributed by atoms with Gasteiger partial charge in [-0.25, -0.2) is 9.97 Å². The molecule has 0 saturated carbocycles. The van der Waals surface area contributed by atoms with Crippen LogP contribution in [-0.2, 0) is 0 Å². The second-order valence-corrected chi connectivity index (χ2v) is 4.91. The Hall–Kier alpha value is -2.01. The zero-order valence-corrected chi connectivity index (χ0v) is 10.7. The molecule has 0 aliphatic heterocycles. The Morgan fingerprint density at radius 3 is 2.78 bits per heavy atom. The van der Waals surface area contributed by atoms with Gasteiger partial charge in [-0.3, -0.25) is 4.98 Å². The molecule has 1 unspecified atom stereocenters. The Morgan fingerprint density at radius 1 is 1.17 bits per heavy atom. The smallest absolute Gasteiger partial charge is 0.145 e. The fourth-order valence-corrected chi connectivity index (χ4v) is 2.40. The van der Waals surface area contributed by atoms with Crippen molar-refractivity contribution in [2.24, 2.45) is 0 Å². The van der Waals surface area contributed by atoms with E-state index in [-0.39, 0.29) is 6.04 Å². The van der Waals surface area contributed by atoms with Gasteiger partial charge in [0.05, 0.1) is 23.3 Å². The number of para-hydroxylation sites is 2. The molecule has 1 atom stereocenters. The molecule has 0 bridgehead atoms. The van der Waals surface area contributed by atoms with Crippen molar-refractivity contribution in [2.75, 3.05) is 5.32 Å². The van der Waals surface area contributed by atoms with Gasteiger partial charge >= 0.3 is 0 Å². The largest absolute Gasteiger partial charge is 0.360 e. The third-order valence-electron chi connectivity index (χ3n) is 2.63. The number of anilines is 1. The van der Waals surface area contributed by atoms with E-state index in [1.807, 2.05) is 35.8 Å². The van der Waals surface area contributed by atoms with Crippen molar-refractivity contribution in [2.45, 2.75) is 13.0 Å². The van der Waals surface area contributed by atoms with E-state index >= 15 is 0 Å². The molecule has 90 valence electrons. The van der Waals surface area contributed by atoms with E-state index in [0.29, 0.717) is 0 Å². The van der Waals surface area contributed by atoms with Crippen LogP contribution in [0.15, 0.2) is 42.0 Å². The first-order valence-corrected chi connectivity index (χ1v) is 6.58. The maximum absolute atomic E-state index is 4.53. The number of hydrogen-bond acceptors (Lipinski definition) is 5. The van der Waals surface area contributed by atoms with Gasteiger partial charge in [-0.2, -0.15) is 0 Å². The van der Waals surface area contributed by atoms with Gasteiger partial charge in [0, 0.05) is 11.6 Å². The lowest BCUT2D eigenvalue weighted by Gasteiger charge is -2.11. The lowest BCUT2D eigenvalue weighted by molar-refractivity contribution is 0.860. The Labute approximate surface area is 109 Å². The first-order chi connectivity index (χ1) is 8.83. The van der Waals surface area contributed by atoms with E-state index in [4.69, 9.17) is 0 Å². The van der Waals surface area contributed by atoms with Crippen molar-refractivity contribution in [3.05, 3.63) is 47.0 Å². The fraction of sp³-hybridized carbons (Fsp3) is 0.154. The van der Waals surface area contributed by atoms with E-state index in [1.165, 1.54) is 0 Å². The molecule has 0 amide bonds. The van der Waals surface area contributed by atoms with E-state index in [0.717, 1.165) is 21.9 Å². The van der Waals surface area contributed by atoms with Gasteiger partial charge in [0.2, 0.25) is 0 Å². The van der Waals surface area contributed by atoms with E-state index in [2.05, 4.69) is 27.2 Å². The maximum Gasteiger partial charge on any atom is 0.145 e. The lowest BCUT2D eigenvalue weighted by Crippen LogP contribution is -2.07. The summed E-state index contributed by atoms with van der Waals surface area (Å²) in [5.41, 5.74) is 1.80. The van der Waals surface area contributed by atoms with E-state index in [1.54, 1.807) is 17.5 Å². The minimum atomic E-state index is 0.139. The predicted molar refractivity (Wildman–Crippen MR) is 73.7 cm³/mol. The van der Waals surface area contributed by atoms with Crippen molar-refractivity contribution in [1.82, 2.24) is 15.0 Å². The summed E-state index contributed by atoms with van der Waals surface area (Å²) < 4.78 is 0. The average Bonchev–Trinajstić information content (AvgIpc) is 2.92. The van der Waals surface area contributed by atoms with Crippen LogP contribution in [0.5, 0.6) is 0 Å². The molecule has 0 fully saturated rings. The Bertz CT molecular complexity index is 651. The van der Waals surface area contributed by atoms with Gasteiger partial charge in [0.1, 0.15) is 10.8 Å². The van der Waals surface area contributed by atoms with E-state index < -0.39 is 0 Å². The highest BCUT2D eigenvalue weighted by Gasteiger charge is 2.08. The lowest BCUT2D eigenvalue weighted by atomic mass is 10.3. The van der Waals surface area contributed by atoms with Gasteiger partial charge < -0.3 is 5.32 Å². The molecule has 0 radical (unpaired) electrons. The number of nitrogens with zero attached hydrogens (tertiary/aromatic N) is 3. The summed E-state index contributed by atoms with van der Waals surface area (Å²) in [5, 5.41) is 6.33. The molecule has 2 heterocycles. The van der Waals surface area contributed by atoms with Crippen LogP contribution in [0.4, 0.5) is 5.82 Å². The monoisotopic (exact) mass is 256 g/mol. The van der Waals surface area contributed by atoms with Crippen LogP contribution in [-0.4, -0.2) is 15.0 Å². The number of thiazole rings is 1. The second kappa shape index (κ2) is 4.70. The fourth-order valence-electron chi connectivity index (χ4n) is 1.76. The predicted octanol–water partition coefficient (Wildman–Crippen LogP) is 3.26. The van der Waals surface area contributed by atoms with Crippen molar-refractivity contribution >= 4 is 28.2 Å². The molecule has 4 nitrogen and oxygen atoms in total. The number of fused-ring (bicyclic) bond motifs is 1. The molecule has 1 N–H and O–H groups in total. The number of rotatable bonds is 3. The van der Waals surface area contributed by atoms with Crippen LogP contribution in [0.3, 0.4) is 0 Å². The molecule has 18 heavy (non-hydrogen) atoms. The van der Waals surface area contributed by atoms with Gasteiger partial charge in [-0.15, -0.1) is 11.3 Å². The molecule has 5 heteroatoms. The molecular weight excluding hydrogens is 244 g/mol.